The highest BCUT2D eigenvalue weighted by Crippen LogP contribution is 2.35. The van der Waals surface area contributed by atoms with Crippen LogP contribution in [0, 0.1) is 12.8 Å². The Morgan fingerprint density at radius 1 is 1.32 bits per heavy atom. The Balaban J connectivity index is 2.21. The van der Waals surface area contributed by atoms with Crippen LogP contribution in [0.2, 0.25) is 0 Å². The van der Waals surface area contributed by atoms with Crippen molar-refractivity contribution in [2.75, 3.05) is 5.32 Å². The molecule has 1 unspecified atom stereocenters. The molecule has 1 aliphatic carbocycles. The van der Waals surface area contributed by atoms with Gasteiger partial charge in [-0.1, -0.05) is 31.4 Å². The van der Waals surface area contributed by atoms with E-state index in [0.717, 1.165) is 36.9 Å². The zero-order chi connectivity index (χ0) is 13.9. The van der Waals surface area contributed by atoms with E-state index in [9.17, 15) is 9.90 Å². The zero-order valence-electron chi connectivity index (χ0n) is 11.8. The molecule has 1 atom stereocenters. The average molecular weight is 261 g/mol. The van der Waals surface area contributed by atoms with E-state index in [2.05, 4.69) is 5.32 Å². The molecular formula is C16H23NO2. The second-order valence-corrected chi connectivity index (χ2v) is 5.84. The van der Waals surface area contributed by atoms with Crippen molar-refractivity contribution in [3.8, 4) is 0 Å². The van der Waals surface area contributed by atoms with E-state index in [4.69, 9.17) is 0 Å². The van der Waals surface area contributed by atoms with Crippen LogP contribution in [0.1, 0.15) is 44.6 Å². The summed E-state index contributed by atoms with van der Waals surface area (Å²) in [5.41, 5.74) is 1.17. The van der Waals surface area contributed by atoms with Crippen LogP contribution in [0.15, 0.2) is 24.3 Å². The maximum Gasteiger partial charge on any atom is 0.329 e. The zero-order valence-corrected chi connectivity index (χ0v) is 11.8. The topological polar surface area (TPSA) is 49.3 Å². The number of rotatable bonds is 4. The minimum Gasteiger partial charge on any atom is -0.480 e. The lowest BCUT2D eigenvalue weighted by Gasteiger charge is -2.37. The highest BCUT2D eigenvalue weighted by molar-refractivity contribution is 5.82. The number of hydrogen-bond donors (Lipinski definition) is 2. The number of benzene rings is 1. The molecular weight excluding hydrogens is 238 g/mol. The van der Waals surface area contributed by atoms with Crippen LogP contribution in [0.5, 0.6) is 0 Å². The lowest BCUT2D eigenvalue weighted by Crippen LogP contribution is -2.50. The van der Waals surface area contributed by atoms with E-state index in [1.165, 1.54) is 6.42 Å². The Kier molecular flexibility index (Phi) is 4.13. The summed E-state index contributed by atoms with van der Waals surface area (Å²) in [6, 6.07) is 7.92. The fraction of sp³-hybridized carbons (Fsp3) is 0.562. The Bertz CT molecular complexity index is 452. The second-order valence-electron chi connectivity index (χ2n) is 5.84. The van der Waals surface area contributed by atoms with Crippen molar-refractivity contribution in [3.63, 3.8) is 0 Å². The predicted octanol–water partition coefficient (Wildman–Crippen LogP) is 3.83. The van der Waals surface area contributed by atoms with Crippen molar-refractivity contribution >= 4 is 11.7 Å². The average Bonchev–Trinajstić information content (AvgIpc) is 2.39. The molecule has 2 rings (SSSR count). The molecule has 104 valence electrons. The van der Waals surface area contributed by atoms with E-state index in [-0.39, 0.29) is 5.92 Å². The van der Waals surface area contributed by atoms with Gasteiger partial charge in [-0.05, 0) is 50.3 Å². The normalized spacial score (nSPS) is 19.7. The summed E-state index contributed by atoms with van der Waals surface area (Å²) < 4.78 is 0. The standard InChI is InChI=1S/C16H23NO2/c1-12-7-6-10-14(11-12)17-16(2,15(18)19)13-8-4-3-5-9-13/h6-7,10-11,13,17H,3-5,8-9H2,1-2H3,(H,18,19). The first-order valence-corrected chi connectivity index (χ1v) is 7.10. The van der Waals surface area contributed by atoms with E-state index >= 15 is 0 Å². The number of carboxylic acid groups (broad SMARTS) is 1. The van der Waals surface area contributed by atoms with Gasteiger partial charge in [0.05, 0.1) is 0 Å². The summed E-state index contributed by atoms with van der Waals surface area (Å²) >= 11 is 0. The van der Waals surface area contributed by atoms with E-state index in [1.807, 2.05) is 38.1 Å². The van der Waals surface area contributed by atoms with Gasteiger partial charge in [0.1, 0.15) is 5.54 Å². The maximum absolute atomic E-state index is 11.7. The number of anilines is 1. The number of nitrogens with one attached hydrogen (secondary N) is 1. The largest absolute Gasteiger partial charge is 0.480 e. The van der Waals surface area contributed by atoms with Gasteiger partial charge < -0.3 is 10.4 Å². The molecule has 0 heterocycles. The number of aryl methyl sites for hydroxylation is 1. The third-order valence-electron chi connectivity index (χ3n) is 4.29. The van der Waals surface area contributed by atoms with Gasteiger partial charge in [-0.2, -0.15) is 0 Å². The Morgan fingerprint density at radius 2 is 2.00 bits per heavy atom. The highest BCUT2D eigenvalue weighted by Gasteiger charge is 2.41. The minimum absolute atomic E-state index is 0.208. The summed E-state index contributed by atoms with van der Waals surface area (Å²) in [6.45, 7) is 3.84. The molecule has 0 aromatic heterocycles. The van der Waals surface area contributed by atoms with Crippen molar-refractivity contribution in [1.82, 2.24) is 0 Å². The third-order valence-corrected chi connectivity index (χ3v) is 4.29. The molecule has 1 fully saturated rings. The third kappa shape index (κ3) is 3.09. The van der Waals surface area contributed by atoms with Gasteiger partial charge in [-0.3, -0.25) is 0 Å². The van der Waals surface area contributed by atoms with Gasteiger partial charge in [0.2, 0.25) is 0 Å². The minimum atomic E-state index is -0.867. The second kappa shape index (κ2) is 5.64. The molecule has 3 heteroatoms. The molecule has 0 bridgehead atoms. The monoisotopic (exact) mass is 261 g/mol. The predicted molar refractivity (Wildman–Crippen MR) is 77.4 cm³/mol. The first-order chi connectivity index (χ1) is 9.02. The number of hydrogen-bond acceptors (Lipinski definition) is 2. The van der Waals surface area contributed by atoms with Crippen LogP contribution in [0.3, 0.4) is 0 Å². The molecule has 0 spiro atoms. The molecule has 0 aliphatic heterocycles. The fourth-order valence-electron chi connectivity index (χ4n) is 3.03. The van der Waals surface area contributed by atoms with Crippen LogP contribution in [0.25, 0.3) is 0 Å². The van der Waals surface area contributed by atoms with Gasteiger partial charge in [0.25, 0.3) is 0 Å². The number of carboxylic acids is 1. The Labute approximate surface area is 115 Å². The summed E-state index contributed by atoms with van der Waals surface area (Å²) in [7, 11) is 0. The molecule has 0 saturated heterocycles. The van der Waals surface area contributed by atoms with Crippen LogP contribution in [-0.4, -0.2) is 16.6 Å². The fourth-order valence-corrected chi connectivity index (χ4v) is 3.03. The van der Waals surface area contributed by atoms with Crippen LogP contribution < -0.4 is 5.32 Å². The van der Waals surface area contributed by atoms with Crippen LogP contribution >= 0.6 is 0 Å². The highest BCUT2D eigenvalue weighted by atomic mass is 16.4. The van der Waals surface area contributed by atoms with E-state index in [1.54, 1.807) is 0 Å². The van der Waals surface area contributed by atoms with Crippen molar-refractivity contribution in [3.05, 3.63) is 29.8 Å². The van der Waals surface area contributed by atoms with Gasteiger partial charge in [-0.15, -0.1) is 0 Å². The van der Waals surface area contributed by atoms with Crippen molar-refractivity contribution in [1.29, 1.82) is 0 Å². The van der Waals surface area contributed by atoms with Gasteiger partial charge in [-0.25, -0.2) is 4.79 Å². The quantitative estimate of drug-likeness (QED) is 0.866. The first-order valence-electron chi connectivity index (χ1n) is 7.10. The Hall–Kier alpha value is -1.51. The molecule has 1 aromatic carbocycles. The summed E-state index contributed by atoms with van der Waals surface area (Å²) in [5.74, 6) is -0.542. The van der Waals surface area contributed by atoms with Crippen LogP contribution in [0.4, 0.5) is 5.69 Å². The van der Waals surface area contributed by atoms with Gasteiger partial charge >= 0.3 is 5.97 Å². The molecule has 1 aromatic rings. The lowest BCUT2D eigenvalue weighted by atomic mass is 9.75. The SMILES string of the molecule is Cc1cccc(NC(C)(C(=O)O)C2CCCCC2)c1. The Morgan fingerprint density at radius 3 is 2.58 bits per heavy atom. The summed E-state index contributed by atoms with van der Waals surface area (Å²) in [5, 5.41) is 12.9. The maximum atomic E-state index is 11.7. The molecule has 2 N–H and O–H groups in total. The number of aliphatic carboxylic acids is 1. The first kappa shape index (κ1) is 13.9. The van der Waals surface area contributed by atoms with Gasteiger partial charge in [0, 0.05) is 5.69 Å². The van der Waals surface area contributed by atoms with E-state index in [0.29, 0.717) is 0 Å². The smallest absolute Gasteiger partial charge is 0.329 e. The number of carbonyl (C=O) groups is 1. The van der Waals surface area contributed by atoms with Crippen molar-refractivity contribution in [2.24, 2.45) is 5.92 Å². The molecule has 0 radical (unpaired) electrons. The van der Waals surface area contributed by atoms with Crippen molar-refractivity contribution < 1.29 is 9.90 Å². The molecule has 0 amide bonds. The molecule has 3 nitrogen and oxygen atoms in total. The van der Waals surface area contributed by atoms with Crippen molar-refractivity contribution in [2.45, 2.75) is 51.5 Å². The van der Waals surface area contributed by atoms with E-state index < -0.39 is 11.5 Å². The summed E-state index contributed by atoms with van der Waals surface area (Å²) in [4.78, 5) is 11.7. The molecule has 1 saturated carbocycles. The molecule has 1 aliphatic rings. The molecule has 19 heavy (non-hydrogen) atoms. The van der Waals surface area contributed by atoms with Crippen LogP contribution in [-0.2, 0) is 4.79 Å². The summed E-state index contributed by atoms with van der Waals surface area (Å²) in [6.07, 6.45) is 5.52. The lowest BCUT2D eigenvalue weighted by molar-refractivity contribution is -0.144. The van der Waals surface area contributed by atoms with Gasteiger partial charge in [0.15, 0.2) is 0 Å².